The third kappa shape index (κ3) is 8.81. The lowest BCUT2D eigenvalue weighted by Gasteiger charge is -2.40. The lowest BCUT2D eigenvalue weighted by Crippen LogP contribution is -2.43. The van der Waals surface area contributed by atoms with Gasteiger partial charge in [0.05, 0.1) is 29.8 Å². The van der Waals surface area contributed by atoms with E-state index < -0.39 is 12.2 Å². The Labute approximate surface area is 313 Å². The first kappa shape index (κ1) is 37.2. The molecule has 2 fully saturated rings. The minimum atomic E-state index is -0.592. The highest BCUT2D eigenvalue weighted by molar-refractivity contribution is 5.79. The molecule has 0 spiro atoms. The largest absolute Gasteiger partial charge is 0.392 e. The second-order valence-electron chi connectivity index (χ2n) is 14.1. The molecule has 54 heavy (non-hydrogen) atoms. The molecule has 12 heteroatoms. The fourth-order valence-electron chi connectivity index (χ4n) is 7.64. The van der Waals surface area contributed by atoms with Crippen LogP contribution < -0.4 is 16.5 Å². The lowest BCUT2D eigenvalue weighted by atomic mass is 9.97. The highest BCUT2D eigenvalue weighted by Gasteiger charge is 2.34. The van der Waals surface area contributed by atoms with Crippen LogP contribution in [0, 0.1) is 0 Å². The maximum atomic E-state index is 12.9. The Morgan fingerprint density at radius 2 is 1.54 bits per heavy atom. The van der Waals surface area contributed by atoms with Crippen LogP contribution in [0.1, 0.15) is 79.2 Å². The van der Waals surface area contributed by atoms with Gasteiger partial charge in [0.1, 0.15) is 0 Å². The first-order valence-corrected chi connectivity index (χ1v) is 18.7. The van der Waals surface area contributed by atoms with Gasteiger partial charge < -0.3 is 29.8 Å². The van der Waals surface area contributed by atoms with E-state index in [2.05, 4.69) is 15.2 Å². The third-order valence-electron chi connectivity index (χ3n) is 10.5. The molecule has 2 aliphatic rings. The van der Waals surface area contributed by atoms with E-state index >= 15 is 0 Å². The SMILES string of the molecule is O=C(CCCC(=O)NCc1ccccc1-c1ccc([C@H]2O[C@@H](CN3CCC(n4c(=O)[nH]c5ccccc54)CC3)C[C@@H](c3ccc(CO)cc3)O2)cc1)NO. The minimum Gasteiger partial charge on any atom is -0.392 e. The van der Waals surface area contributed by atoms with Crippen LogP contribution in [-0.4, -0.2) is 62.3 Å². The number of rotatable bonds is 13. The standard InChI is InChI=1S/C42H47N5O7/c48-27-28-12-14-30(15-13-28)38-24-34(26-46-22-20-33(21-23-46)47-37-9-4-3-8-36(37)44-42(47)51)53-41(54-38)31-18-16-29(17-19-31)35-7-2-1-6-32(35)25-43-39(49)10-5-11-40(50)45-52/h1-4,6-9,12-19,33-34,38,41,48,52H,5,10-11,20-27H2,(H,43,49)(H,44,51)(H,45,50)/t34-,38+,41+/m1/s1. The zero-order chi connectivity index (χ0) is 37.4. The van der Waals surface area contributed by atoms with E-state index in [1.807, 2.05) is 102 Å². The van der Waals surface area contributed by atoms with Crippen molar-refractivity contribution in [1.82, 2.24) is 25.2 Å². The molecule has 3 atom stereocenters. The van der Waals surface area contributed by atoms with Gasteiger partial charge in [-0.2, -0.15) is 0 Å². The summed E-state index contributed by atoms with van der Waals surface area (Å²) in [6.07, 6.45) is 2.14. The highest BCUT2D eigenvalue weighted by Crippen LogP contribution is 2.39. The summed E-state index contributed by atoms with van der Waals surface area (Å²) < 4.78 is 15.2. The topological polar surface area (TPSA) is 158 Å². The molecular formula is C42H47N5O7. The quantitative estimate of drug-likeness (QED) is 0.0766. The molecule has 5 N–H and O–H groups in total. The summed E-state index contributed by atoms with van der Waals surface area (Å²) in [5, 5.41) is 21.2. The van der Waals surface area contributed by atoms with E-state index in [0.717, 1.165) is 76.9 Å². The molecule has 4 aromatic carbocycles. The van der Waals surface area contributed by atoms with E-state index in [9.17, 15) is 19.5 Å². The number of para-hydroxylation sites is 2. The van der Waals surface area contributed by atoms with Crippen LogP contribution in [0.2, 0.25) is 0 Å². The van der Waals surface area contributed by atoms with Crippen LogP contribution in [0.5, 0.6) is 0 Å². The molecule has 5 aromatic rings. The van der Waals surface area contributed by atoms with Gasteiger partial charge in [-0.3, -0.25) is 19.4 Å². The van der Waals surface area contributed by atoms with Gasteiger partial charge in [0.15, 0.2) is 6.29 Å². The number of likely N-dealkylation sites (tertiary alicyclic amines) is 1. The van der Waals surface area contributed by atoms with Crippen molar-refractivity contribution in [3.63, 3.8) is 0 Å². The summed E-state index contributed by atoms with van der Waals surface area (Å²) in [4.78, 5) is 42.0. The molecule has 2 aliphatic heterocycles. The van der Waals surface area contributed by atoms with Crippen molar-refractivity contribution in [2.24, 2.45) is 0 Å². The number of hydrogen-bond donors (Lipinski definition) is 5. The number of hydroxylamine groups is 1. The average Bonchev–Trinajstić information content (AvgIpc) is 3.56. The number of benzene rings is 4. The monoisotopic (exact) mass is 733 g/mol. The number of amides is 2. The van der Waals surface area contributed by atoms with Gasteiger partial charge in [0.25, 0.3) is 0 Å². The summed E-state index contributed by atoms with van der Waals surface area (Å²) in [7, 11) is 0. The maximum absolute atomic E-state index is 12.9. The average molecular weight is 734 g/mol. The second-order valence-corrected chi connectivity index (χ2v) is 14.1. The number of imidazole rings is 1. The first-order valence-electron chi connectivity index (χ1n) is 18.7. The molecule has 2 amide bonds. The van der Waals surface area contributed by atoms with E-state index in [-0.39, 0.29) is 49.3 Å². The number of nitrogens with zero attached hydrogens (tertiary/aromatic N) is 2. The number of H-pyrrole nitrogens is 1. The van der Waals surface area contributed by atoms with Crippen LogP contribution in [0.25, 0.3) is 22.2 Å². The summed E-state index contributed by atoms with van der Waals surface area (Å²) in [6.45, 7) is 2.77. The van der Waals surface area contributed by atoms with Crippen molar-refractivity contribution in [2.75, 3.05) is 19.6 Å². The molecule has 0 aliphatic carbocycles. The Hall–Kier alpha value is -5.11. The zero-order valence-electron chi connectivity index (χ0n) is 30.2. The Morgan fingerprint density at radius 3 is 2.30 bits per heavy atom. The normalized spacial score (nSPS) is 19.5. The van der Waals surface area contributed by atoms with Crippen molar-refractivity contribution in [1.29, 1.82) is 0 Å². The number of carbonyl (C=O) groups is 2. The van der Waals surface area contributed by atoms with Crippen LogP contribution in [0.4, 0.5) is 0 Å². The number of hydrogen-bond acceptors (Lipinski definition) is 8. The van der Waals surface area contributed by atoms with Gasteiger partial charge in [0, 0.05) is 57.0 Å². The van der Waals surface area contributed by atoms with Gasteiger partial charge in [-0.05, 0) is 59.2 Å². The Balaban J connectivity index is 1.03. The second kappa shape index (κ2) is 17.4. The van der Waals surface area contributed by atoms with Crippen molar-refractivity contribution >= 4 is 22.8 Å². The number of aromatic nitrogens is 2. The van der Waals surface area contributed by atoms with Gasteiger partial charge in [-0.25, -0.2) is 10.3 Å². The third-order valence-corrected chi connectivity index (χ3v) is 10.5. The lowest BCUT2D eigenvalue weighted by molar-refractivity contribution is -0.253. The van der Waals surface area contributed by atoms with Gasteiger partial charge >= 0.3 is 5.69 Å². The Morgan fingerprint density at radius 1 is 0.833 bits per heavy atom. The van der Waals surface area contributed by atoms with Crippen molar-refractivity contribution in [2.45, 2.75) is 76.2 Å². The number of aliphatic hydroxyl groups excluding tert-OH is 1. The molecule has 0 saturated carbocycles. The smallest absolute Gasteiger partial charge is 0.326 e. The molecule has 0 bridgehead atoms. The van der Waals surface area contributed by atoms with E-state index in [1.54, 1.807) is 5.48 Å². The molecule has 1 aromatic heterocycles. The fraction of sp³-hybridized carbons (Fsp3) is 0.357. The van der Waals surface area contributed by atoms with Crippen LogP contribution in [0.15, 0.2) is 102 Å². The van der Waals surface area contributed by atoms with Crippen LogP contribution in [-0.2, 0) is 32.2 Å². The summed E-state index contributed by atoms with van der Waals surface area (Å²) in [5.41, 5.74) is 9.07. The van der Waals surface area contributed by atoms with Crippen molar-refractivity contribution in [3.05, 3.63) is 130 Å². The number of ether oxygens (including phenoxy) is 2. The summed E-state index contributed by atoms with van der Waals surface area (Å²) in [5.74, 6) is -0.678. The maximum Gasteiger partial charge on any atom is 0.326 e. The molecule has 0 radical (unpaired) electrons. The number of fused-ring (bicyclic) bond motifs is 1. The molecule has 7 rings (SSSR count). The van der Waals surface area contributed by atoms with Gasteiger partial charge in [0.2, 0.25) is 11.8 Å². The van der Waals surface area contributed by atoms with E-state index in [4.69, 9.17) is 14.7 Å². The predicted octanol–water partition coefficient (Wildman–Crippen LogP) is 5.66. The van der Waals surface area contributed by atoms with Crippen LogP contribution >= 0.6 is 0 Å². The predicted molar refractivity (Wildman–Crippen MR) is 203 cm³/mol. The molecule has 2 saturated heterocycles. The van der Waals surface area contributed by atoms with Crippen molar-refractivity contribution in [3.8, 4) is 11.1 Å². The zero-order valence-corrected chi connectivity index (χ0v) is 30.2. The number of aromatic amines is 1. The first-order chi connectivity index (χ1) is 26.4. The summed E-state index contributed by atoms with van der Waals surface area (Å²) >= 11 is 0. The molecule has 12 nitrogen and oxygen atoms in total. The fourth-order valence-corrected chi connectivity index (χ4v) is 7.64. The van der Waals surface area contributed by atoms with E-state index in [1.165, 1.54) is 0 Å². The van der Waals surface area contributed by atoms with Gasteiger partial charge in [-0.1, -0.05) is 84.9 Å². The molecule has 282 valence electrons. The number of nitrogens with one attached hydrogen (secondary N) is 3. The summed E-state index contributed by atoms with van der Waals surface area (Å²) in [6, 6.07) is 31.9. The van der Waals surface area contributed by atoms with Crippen molar-refractivity contribution < 1.29 is 29.4 Å². The van der Waals surface area contributed by atoms with Crippen LogP contribution in [0.3, 0.4) is 0 Å². The highest BCUT2D eigenvalue weighted by atomic mass is 16.7. The number of aliphatic hydroxyl groups is 1. The molecule has 3 heterocycles. The Bertz CT molecular complexity index is 2090. The van der Waals surface area contributed by atoms with E-state index in [0.29, 0.717) is 19.4 Å². The minimum absolute atomic E-state index is 0.0197. The molecular weight excluding hydrogens is 686 g/mol. The number of carbonyl (C=O) groups excluding carboxylic acids is 2. The number of piperidine rings is 1. The Kier molecular flexibility index (Phi) is 12.0. The van der Waals surface area contributed by atoms with Gasteiger partial charge in [-0.15, -0.1) is 0 Å². The molecule has 0 unspecified atom stereocenters.